The predicted octanol–water partition coefficient (Wildman–Crippen LogP) is 3.66. The van der Waals surface area contributed by atoms with Crippen molar-refractivity contribution in [2.45, 2.75) is 38.6 Å². The molecule has 178 valence electrons. The molecular formula is C27H23NO7. The molecular weight excluding hydrogens is 450 g/mol. The molecule has 8 nitrogen and oxygen atoms in total. The van der Waals surface area contributed by atoms with Crippen molar-refractivity contribution in [3.63, 3.8) is 0 Å². The van der Waals surface area contributed by atoms with Gasteiger partial charge in [-0.15, -0.1) is 0 Å². The molecule has 2 aromatic heterocycles. The summed E-state index contributed by atoms with van der Waals surface area (Å²) in [4.78, 5) is 50.6. The Balaban J connectivity index is 1.84. The highest BCUT2D eigenvalue weighted by Crippen LogP contribution is 2.39. The fourth-order valence-electron chi connectivity index (χ4n) is 5.03. The molecule has 1 N–H and O–H groups in total. The molecule has 0 amide bonds. The number of hydrogen-bond acceptors (Lipinski definition) is 7. The monoisotopic (exact) mass is 473 g/mol. The van der Waals surface area contributed by atoms with E-state index in [1.165, 1.54) is 32.2 Å². The fourth-order valence-corrected chi connectivity index (χ4v) is 5.03. The zero-order valence-corrected chi connectivity index (χ0v) is 19.3. The van der Waals surface area contributed by atoms with E-state index in [-0.39, 0.29) is 40.0 Å². The van der Waals surface area contributed by atoms with Crippen LogP contribution in [-0.2, 0) is 22.5 Å². The molecule has 0 radical (unpaired) electrons. The van der Waals surface area contributed by atoms with Gasteiger partial charge in [-0.1, -0.05) is 18.2 Å². The number of aryl methyl sites for hydroxylation is 2. The van der Waals surface area contributed by atoms with Gasteiger partial charge in [0.15, 0.2) is 5.78 Å². The Labute approximate surface area is 199 Å². The highest BCUT2D eigenvalue weighted by molar-refractivity contribution is 5.97. The first kappa shape index (κ1) is 22.6. The van der Waals surface area contributed by atoms with Crippen LogP contribution >= 0.6 is 0 Å². The summed E-state index contributed by atoms with van der Waals surface area (Å²) in [5, 5.41) is 12.1. The lowest BCUT2D eigenvalue weighted by atomic mass is 9.86. The molecule has 35 heavy (non-hydrogen) atoms. The molecule has 0 fully saturated rings. The first-order valence-electron chi connectivity index (χ1n) is 11.3. The van der Waals surface area contributed by atoms with Crippen molar-refractivity contribution in [3.8, 4) is 5.75 Å². The SMILES string of the molecule is COC(=O)CC(c1cc2cccc3c2n(c1=O)CCC3)c1c(O)ccc2cc(C(C)=O)c(=O)oc12. The second-order valence-corrected chi connectivity index (χ2v) is 8.77. The number of nitrogens with zero attached hydrogens (tertiary/aromatic N) is 1. The summed E-state index contributed by atoms with van der Waals surface area (Å²) in [7, 11) is 1.24. The average Bonchev–Trinajstić information content (AvgIpc) is 2.84. The third kappa shape index (κ3) is 3.71. The zero-order valence-electron chi connectivity index (χ0n) is 19.3. The van der Waals surface area contributed by atoms with Crippen LogP contribution in [-0.4, -0.2) is 28.5 Å². The van der Waals surface area contributed by atoms with Crippen molar-refractivity contribution in [3.05, 3.63) is 85.5 Å². The van der Waals surface area contributed by atoms with Gasteiger partial charge in [0.1, 0.15) is 16.9 Å². The van der Waals surface area contributed by atoms with Gasteiger partial charge >= 0.3 is 11.6 Å². The van der Waals surface area contributed by atoms with E-state index in [0.29, 0.717) is 11.9 Å². The number of benzene rings is 2. The van der Waals surface area contributed by atoms with Crippen LogP contribution in [0.3, 0.4) is 0 Å². The van der Waals surface area contributed by atoms with E-state index in [1.54, 1.807) is 10.6 Å². The number of rotatable bonds is 5. The number of carbonyl (C=O) groups is 2. The lowest BCUT2D eigenvalue weighted by Crippen LogP contribution is -2.30. The van der Waals surface area contributed by atoms with Crippen LogP contribution in [0.15, 0.2) is 56.5 Å². The highest BCUT2D eigenvalue weighted by atomic mass is 16.5. The number of phenolic OH excluding ortho intramolecular Hbond substituents is 1. The van der Waals surface area contributed by atoms with Crippen molar-refractivity contribution in [1.82, 2.24) is 4.57 Å². The minimum absolute atomic E-state index is 0.0146. The Morgan fingerprint density at radius 1 is 1.14 bits per heavy atom. The molecule has 4 aromatic rings. The fraction of sp³-hybridized carbons (Fsp3) is 0.259. The maximum absolute atomic E-state index is 13.7. The number of esters is 1. The number of aromatic nitrogens is 1. The van der Waals surface area contributed by atoms with E-state index in [4.69, 9.17) is 9.15 Å². The number of hydrogen-bond donors (Lipinski definition) is 1. The van der Waals surface area contributed by atoms with E-state index in [9.17, 15) is 24.3 Å². The summed E-state index contributed by atoms with van der Waals surface area (Å²) in [6.45, 7) is 1.79. The Morgan fingerprint density at radius 2 is 1.94 bits per heavy atom. The zero-order chi connectivity index (χ0) is 24.9. The number of Topliss-reactive ketones (excluding diaryl/α,β-unsaturated/α-hetero) is 1. The molecule has 5 rings (SSSR count). The molecule has 0 saturated carbocycles. The largest absolute Gasteiger partial charge is 0.508 e. The molecule has 1 aliphatic heterocycles. The summed E-state index contributed by atoms with van der Waals surface area (Å²) in [6.07, 6.45) is 1.41. The second-order valence-electron chi connectivity index (χ2n) is 8.77. The maximum atomic E-state index is 13.7. The molecule has 1 unspecified atom stereocenters. The predicted molar refractivity (Wildman–Crippen MR) is 129 cm³/mol. The first-order chi connectivity index (χ1) is 16.8. The maximum Gasteiger partial charge on any atom is 0.347 e. The van der Waals surface area contributed by atoms with Crippen LogP contribution in [0.5, 0.6) is 5.75 Å². The summed E-state index contributed by atoms with van der Waals surface area (Å²) in [5.74, 6) is -2.24. The quantitative estimate of drug-likeness (QED) is 0.267. The topological polar surface area (TPSA) is 116 Å². The van der Waals surface area contributed by atoms with Crippen molar-refractivity contribution in [2.75, 3.05) is 7.11 Å². The van der Waals surface area contributed by atoms with Crippen LogP contribution in [0.1, 0.15) is 52.7 Å². The van der Waals surface area contributed by atoms with Crippen molar-refractivity contribution >= 4 is 33.6 Å². The third-order valence-electron chi connectivity index (χ3n) is 6.67. The van der Waals surface area contributed by atoms with Crippen molar-refractivity contribution < 1.29 is 23.8 Å². The molecule has 0 aliphatic carbocycles. The Kier molecular flexibility index (Phi) is 5.51. The van der Waals surface area contributed by atoms with Gasteiger partial charge in [0.2, 0.25) is 0 Å². The van der Waals surface area contributed by atoms with Crippen LogP contribution in [0.25, 0.3) is 21.9 Å². The van der Waals surface area contributed by atoms with Crippen molar-refractivity contribution in [2.24, 2.45) is 0 Å². The van der Waals surface area contributed by atoms with Gasteiger partial charge in [0.05, 0.1) is 19.0 Å². The Morgan fingerprint density at radius 3 is 2.69 bits per heavy atom. The molecule has 1 aliphatic rings. The standard InChI is InChI=1S/C27H23NO7/c1-14(29)18-12-17-8-9-21(30)23(25(17)35-27(18)33)19(13-22(31)34-2)20-11-16-6-3-5-15-7-4-10-28(24(15)16)26(20)32/h3,5-6,8-9,11-12,19,30H,4,7,10,13H2,1-2H3. The van der Waals surface area contributed by atoms with Gasteiger partial charge in [0.25, 0.3) is 5.56 Å². The van der Waals surface area contributed by atoms with Gasteiger partial charge in [-0.05, 0) is 55.0 Å². The minimum Gasteiger partial charge on any atom is -0.508 e. The summed E-state index contributed by atoms with van der Waals surface area (Å²) in [6, 6.07) is 11.9. The Bertz CT molecular complexity index is 1640. The van der Waals surface area contributed by atoms with Gasteiger partial charge in [-0.25, -0.2) is 4.79 Å². The molecule has 8 heteroatoms. The average molecular weight is 473 g/mol. The summed E-state index contributed by atoms with van der Waals surface area (Å²) < 4.78 is 12.1. The normalized spacial score (nSPS) is 13.7. The molecule has 3 heterocycles. The third-order valence-corrected chi connectivity index (χ3v) is 6.67. The van der Waals surface area contributed by atoms with Crippen LogP contribution < -0.4 is 11.2 Å². The molecule has 2 aromatic carbocycles. The van der Waals surface area contributed by atoms with E-state index in [1.807, 2.05) is 18.2 Å². The van der Waals surface area contributed by atoms with Gasteiger partial charge in [-0.3, -0.25) is 14.4 Å². The number of carbonyl (C=O) groups excluding carboxylic acids is 2. The van der Waals surface area contributed by atoms with Crippen molar-refractivity contribution in [1.29, 1.82) is 0 Å². The van der Waals surface area contributed by atoms with Gasteiger partial charge in [-0.2, -0.15) is 0 Å². The van der Waals surface area contributed by atoms with E-state index in [2.05, 4.69) is 0 Å². The first-order valence-corrected chi connectivity index (χ1v) is 11.3. The minimum atomic E-state index is -0.955. The molecule has 1 atom stereocenters. The molecule has 0 bridgehead atoms. The highest BCUT2D eigenvalue weighted by Gasteiger charge is 2.30. The molecule has 0 saturated heterocycles. The Hall–Kier alpha value is -4.20. The van der Waals surface area contributed by atoms with E-state index < -0.39 is 23.3 Å². The lowest BCUT2D eigenvalue weighted by molar-refractivity contribution is -0.140. The number of aromatic hydroxyl groups is 1. The number of fused-ring (bicyclic) bond motifs is 1. The van der Waals surface area contributed by atoms with E-state index in [0.717, 1.165) is 29.3 Å². The number of pyridine rings is 1. The van der Waals surface area contributed by atoms with Gasteiger partial charge < -0.3 is 18.8 Å². The van der Waals surface area contributed by atoms with Crippen LogP contribution in [0.4, 0.5) is 0 Å². The lowest BCUT2D eigenvalue weighted by Gasteiger charge is -2.24. The van der Waals surface area contributed by atoms with E-state index >= 15 is 0 Å². The number of para-hydroxylation sites is 1. The number of phenols is 1. The number of ether oxygens (including phenoxy) is 1. The molecule has 0 spiro atoms. The smallest absolute Gasteiger partial charge is 0.347 e. The van der Waals surface area contributed by atoms with Gasteiger partial charge in [0, 0.05) is 29.0 Å². The summed E-state index contributed by atoms with van der Waals surface area (Å²) >= 11 is 0. The number of ketones is 1. The van der Waals surface area contributed by atoms with Crippen LogP contribution in [0, 0.1) is 0 Å². The summed E-state index contributed by atoms with van der Waals surface area (Å²) in [5.41, 5.74) is 1.10. The van der Waals surface area contributed by atoms with Crippen LogP contribution in [0.2, 0.25) is 0 Å². The number of methoxy groups -OCH3 is 1. The second kappa shape index (κ2) is 8.54.